The van der Waals surface area contributed by atoms with Gasteiger partial charge in [0, 0.05) is 17.8 Å². The van der Waals surface area contributed by atoms with E-state index in [2.05, 4.69) is 20.6 Å². The van der Waals surface area contributed by atoms with Gasteiger partial charge in [0.2, 0.25) is 0 Å². The quantitative estimate of drug-likeness (QED) is 0.598. The normalized spacial score (nSPS) is 10.1. The standard InChI is InChI=1S/C20H20N4O4/c1-26-15-7-8-16(17(10-15)27-2)24-19-11-18(21-12-22-19)23-14-6-4-5-13(9-14)20(25)28-3/h4-12H,1-3H3,(H2,21,22,23,24). The van der Waals surface area contributed by atoms with Crippen LogP contribution in [-0.2, 0) is 4.74 Å². The summed E-state index contributed by atoms with van der Waals surface area (Å²) in [7, 11) is 4.53. The molecule has 0 saturated heterocycles. The van der Waals surface area contributed by atoms with Crippen molar-refractivity contribution in [3.8, 4) is 11.5 Å². The molecule has 8 nitrogen and oxygen atoms in total. The maximum absolute atomic E-state index is 11.7. The topological polar surface area (TPSA) is 94.6 Å². The van der Waals surface area contributed by atoms with Gasteiger partial charge >= 0.3 is 5.97 Å². The fraction of sp³-hybridized carbons (Fsp3) is 0.150. The van der Waals surface area contributed by atoms with E-state index >= 15 is 0 Å². The Morgan fingerprint density at radius 1 is 0.893 bits per heavy atom. The van der Waals surface area contributed by atoms with E-state index in [1.54, 1.807) is 44.6 Å². The molecule has 3 aromatic rings. The number of nitrogens with one attached hydrogen (secondary N) is 2. The molecule has 0 saturated carbocycles. The molecule has 0 radical (unpaired) electrons. The maximum atomic E-state index is 11.7. The molecule has 1 heterocycles. The van der Waals surface area contributed by atoms with Gasteiger partial charge in [-0.2, -0.15) is 0 Å². The zero-order chi connectivity index (χ0) is 19.9. The lowest BCUT2D eigenvalue weighted by Gasteiger charge is -2.13. The van der Waals surface area contributed by atoms with Crippen LogP contribution in [0.25, 0.3) is 0 Å². The number of nitrogens with zero attached hydrogens (tertiary/aromatic N) is 2. The highest BCUT2D eigenvalue weighted by molar-refractivity contribution is 5.90. The van der Waals surface area contributed by atoms with E-state index in [0.717, 1.165) is 5.69 Å². The summed E-state index contributed by atoms with van der Waals surface area (Å²) in [5.41, 5.74) is 1.89. The van der Waals surface area contributed by atoms with Gasteiger partial charge in [0.15, 0.2) is 0 Å². The Morgan fingerprint density at radius 3 is 2.39 bits per heavy atom. The molecule has 0 unspecified atom stereocenters. The monoisotopic (exact) mass is 380 g/mol. The van der Waals surface area contributed by atoms with Gasteiger partial charge in [0.05, 0.1) is 32.6 Å². The van der Waals surface area contributed by atoms with E-state index in [0.29, 0.717) is 34.4 Å². The molecular weight excluding hydrogens is 360 g/mol. The summed E-state index contributed by atoms with van der Waals surface area (Å²) in [6.45, 7) is 0. The van der Waals surface area contributed by atoms with Crippen molar-refractivity contribution in [1.29, 1.82) is 0 Å². The fourth-order valence-corrected chi connectivity index (χ4v) is 2.52. The highest BCUT2D eigenvalue weighted by Gasteiger charge is 2.09. The number of carbonyl (C=O) groups excluding carboxylic acids is 1. The smallest absolute Gasteiger partial charge is 0.337 e. The average Bonchev–Trinajstić information content (AvgIpc) is 2.74. The van der Waals surface area contributed by atoms with Crippen LogP contribution in [0.15, 0.2) is 54.9 Å². The van der Waals surface area contributed by atoms with Crippen molar-refractivity contribution in [3.05, 3.63) is 60.4 Å². The van der Waals surface area contributed by atoms with Crippen molar-refractivity contribution >= 4 is 29.0 Å². The highest BCUT2D eigenvalue weighted by Crippen LogP contribution is 2.31. The van der Waals surface area contributed by atoms with Crippen molar-refractivity contribution in [2.75, 3.05) is 32.0 Å². The third-order valence-electron chi connectivity index (χ3n) is 3.89. The number of benzene rings is 2. The van der Waals surface area contributed by atoms with Gasteiger partial charge < -0.3 is 24.8 Å². The number of carbonyl (C=O) groups is 1. The molecule has 0 aliphatic rings. The van der Waals surface area contributed by atoms with Crippen LogP contribution in [0.2, 0.25) is 0 Å². The molecule has 2 aromatic carbocycles. The van der Waals surface area contributed by atoms with Gasteiger partial charge in [-0.25, -0.2) is 14.8 Å². The second kappa shape index (κ2) is 8.72. The number of hydrogen-bond donors (Lipinski definition) is 2. The first-order chi connectivity index (χ1) is 13.6. The Hall–Kier alpha value is -3.81. The molecule has 2 N–H and O–H groups in total. The SMILES string of the molecule is COC(=O)c1cccc(Nc2cc(Nc3ccc(OC)cc3OC)ncn2)c1. The Balaban J connectivity index is 1.79. The lowest BCUT2D eigenvalue weighted by molar-refractivity contribution is 0.0601. The average molecular weight is 380 g/mol. The molecule has 28 heavy (non-hydrogen) atoms. The van der Waals surface area contributed by atoms with E-state index < -0.39 is 5.97 Å². The molecule has 144 valence electrons. The molecular formula is C20H20N4O4. The van der Waals surface area contributed by atoms with Crippen molar-refractivity contribution in [2.24, 2.45) is 0 Å². The van der Waals surface area contributed by atoms with Gasteiger partial charge in [-0.3, -0.25) is 0 Å². The molecule has 0 bridgehead atoms. The molecule has 3 rings (SSSR count). The second-order valence-electron chi connectivity index (χ2n) is 5.68. The zero-order valence-corrected chi connectivity index (χ0v) is 15.7. The zero-order valence-electron chi connectivity index (χ0n) is 15.7. The Bertz CT molecular complexity index is 978. The van der Waals surface area contributed by atoms with Crippen LogP contribution < -0.4 is 20.1 Å². The van der Waals surface area contributed by atoms with Crippen molar-refractivity contribution < 1.29 is 19.0 Å². The lowest BCUT2D eigenvalue weighted by Crippen LogP contribution is -2.03. The molecule has 0 aliphatic carbocycles. The number of esters is 1. The summed E-state index contributed by atoms with van der Waals surface area (Å²) in [5.74, 6) is 2.05. The molecule has 0 atom stereocenters. The molecule has 0 amide bonds. The first-order valence-electron chi connectivity index (χ1n) is 8.39. The second-order valence-corrected chi connectivity index (χ2v) is 5.68. The summed E-state index contributed by atoms with van der Waals surface area (Å²) < 4.78 is 15.3. The summed E-state index contributed by atoms with van der Waals surface area (Å²) >= 11 is 0. The number of aromatic nitrogens is 2. The summed E-state index contributed by atoms with van der Waals surface area (Å²) in [4.78, 5) is 20.1. The van der Waals surface area contributed by atoms with E-state index in [1.807, 2.05) is 18.2 Å². The van der Waals surface area contributed by atoms with Crippen LogP contribution in [0.4, 0.5) is 23.0 Å². The third kappa shape index (κ3) is 4.47. The Kier molecular flexibility index (Phi) is 5.91. The summed E-state index contributed by atoms with van der Waals surface area (Å²) in [5, 5.41) is 6.34. The number of anilines is 4. The van der Waals surface area contributed by atoms with Crippen LogP contribution in [0.5, 0.6) is 11.5 Å². The number of hydrogen-bond acceptors (Lipinski definition) is 8. The number of ether oxygens (including phenoxy) is 3. The van der Waals surface area contributed by atoms with Gasteiger partial charge in [0.25, 0.3) is 0 Å². The number of rotatable bonds is 7. The van der Waals surface area contributed by atoms with E-state index in [9.17, 15) is 4.79 Å². The predicted molar refractivity (Wildman–Crippen MR) is 106 cm³/mol. The minimum Gasteiger partial charge on any atom is -0.497 e. The van der Waals surface area contributed by atoms with Gasteiger partial charge in [-0.1, -0.05) is 6.07 Å². The molecule has 0 fully saturated rings. The highest BCUT2D eigenvalue weighted by atomic mass is 16.5. The van der Waals surface area contributed by atoms with Crippen molar-refractivity contribution in [2.45, 2.75) is 0 Å². The van der Waals surface area contributed by atoms with E-state index in [4.69, 9.17) is 14.2 Å². The first kappa shape index (κ1) is 19.0. The minimum absolute atomic E-state index is 0.403. The van der Waals surface area contributed by atoms with E-state index in [-0.39, 0.29) is 0 Å². The van der Waals surface area contributed by atoms with E-state index in [1.165, 1.54) is 13.4 Å². The van der Waals surface area contributed by atoms with Gasteiger partial charge in [-0.05, 0) is 30.3 Å². The first-order valence-corrected chi connectivity index (χ1v) is 8.39. The van der Waals surface area contributed by atoms with Crippen LogP contribution in [-0.4, -0.2) is 37.3 Å². The van der Waals surface area contributed by atoms with Crippen LogP contribution >= 0.6 is 0 Å². The summed E-state index contributed by atoms with van der Waals surface area (Å²) in [6, 6.07) is 14.1. The maximum Gasteiger partial charge on any atom is 0.337 e. The summed E-state index contributed by atoms with van der Waals surface area (Å²) in [6.07, 6.45) is 1.44. The third-order valence-corrected chi connectivity index (χ3v) is 3.89. The molecule has 0 spiro atoms. The van der Waals surface area contributed by atoms with Crippen LogP contribution in [0, 0.1) is 0 Å². The predicted octanol–water partition coefficient (Wildman–Crippen LogP) is 3.77. The molecule has 0 aliphatic heterocycles. The minimum atomic E-state index is -0.403. The molecule has 8 heteroatoms. The largest absolute Gasteiger partial charge is 0.497 e. The Labute approximate surface area is 162 Å². The van der Waals surface area contributed by atoms with Crippen molar-refractivity contribution in [3.63, 3.8) is 0 Å². The molecule has 1 aromatic heterocycles. The lowest BCUT2D eigenvalue weighted by atomic mass is 10.2. The fourth-order valence-electron chi connectivity index (χ4n) is 2.52. The van der Waals surface area contributed by atoms with Crippen LogP contribution in [0.3, 0.4) is 0 Å². The van der Waals surface area contributed by atoms with Crippen LogP contribution in [0.1, 0.15) is 10.4 Å². The van der Waals surface area contributed by atoms with Gasteiger partial charge in [-0.15, -0.1) is 0 Å². The van der Waals surface area contributed by atoms with Gasteiger partial charge in [0.1, 0.15) is 29.5 Å². The number of methoxy groups -OCH3 is 3. The van der Waals surface area contributed by atoms with Crippen molar-refractivity contribution in [1.82, 2.24) is 9.97 Å². The Morgan fingerprint density at radius 2 is 1.68 bits per heavy atom.